The van der Waals surface area contributed by atoms with Crippen LogP contribution in [0.3, 0.4) is 0 Å². The molecule has 0 spiro atoms. The molecule has 0 amide bonds. The predicted octanol–water partition coefficient (Wildman–Crippen LogP) is 4.67. The van der Waals surface area contributed by atoms with Gasteiger partial charge in [0, 0.05) is 16.7 Å². The van der Waals surface area contributed by atoms with Crippen LogP contribution in [0.2, 0.25) is 0 Å². The maximum atomic E-state index is 12.4. The molecular formula is C22H16O4. The third-order valence-electron chi connectivity index (χ3n) is 3.88. The van der Waals surface area contributed by atoms with E-state index in [1.54, 1.807) is 54.6 Å². The molecule has 0 radical (unpaired) electrons. The Morgan fingerprint density at radius 2 is 1.31 bits per heavy atom. The van der Waals surface area contributed by atoms with Gasteiger partial charge in [-0.25, -0.2) is 5.26 Å². The Labute approximate surface area is 150 Å². The third-order valence-corrected chi connectivity index (χ3v) is 3.88. The smallest absolute Gasteiger partial charge is 0.193 e. The van der Waals surface area contributed by atoms with Crippen LogP contribution >= 0.6 is 0 Å². The molecule has 4 nitrogen and oxygen atoms in total. The molecule has 3 rings (SSSR count). The molecule has 1 N–H and O–H groups in total. The summed E-state index contributed by atoms with van der Waals surface area (Å²) >= 11 is 0. The van der Waals surface area contributed by atoms with E-state index in [1.807, 2.05) is 18.2 Å². The van der Waals surface area contributed by atoms with Crippen molar-refractivity contribution >= 4 is 17.6 Å². The first-order chi connectivity index (χ1) is 12.7. The van der Waals surface area contributed by atoms with Crippen LogP contribution in [0.1, 0.15) is 31.8 Å². The molecule has 26 heavy (non-hydrogen) atoms. The average Bonchev–Trinajstić information content (AvgIpc) is 2.72. The zero-order valence-corrected chi connectivity index (χ0v) is 13.8. The molecule has 0 aromatic heterocycles. The van der Waals surface area contributed by atoms with E-state index in [4.69, 9.17) is 5.26 Å². The van der Waals surface area contributed by atoms with Gasteiger partial charge in [0.15, 0.2) is 17.3 Å². The van der Waals surface area contributed by atoms with Crippen LogP contribution in [0, 0.1) is 0 Å². The largest absolute Gasteiger partial charge is 0.340 e. The second-order valence-corrected chi connectivity index (χ2v) is 5.63. The lowest BCUT2D eigenvalue weighted by Gasteiger charge is -2.03. The van der Waals surface area contributed by atoms with Crippen LogP contribution in [0.4, 0.5) is 0 Å². The lowest BCUT2D eigenvalue weighted by atomic mass is 10.0. The summed E-state index contributed by atoms with van der Waals surface area (Å²) < 4.78 is 0. The summed E-state index contributed by atoms with van der Waals surface area (Å²) in [7, 11) is 0. The molecule has 128 valence electrons. The molecule has 0 heterocycles. The van der Waals surface area contributed by atoms with Gasteiger partial charge in [-0.2, -0.15) is 0 Å². The van der Waals surface area contributed by atoms with Gasteiger partial charge in [0.05, 0.1) is 0 Å². The summed E-state index contributed by atoms with van der Waals surface area (Å²) in [5, 5.41) is 8.56. The van der Waals surface area contributed by atoms with Gasteiger partial charge in [-0.3, -0.25) is 9.59 Å². The van der Waals surface area contributed by atoms with Crippen molar-refractivity contribution in [3.63, 3.8) is 0 Å². The van der Waals surface area contributed by atoms with E-state index in [0.717, 1.165) is 5.56 Å². The SMILES string of the molecule is O=C(/C=C/c1ccc(C(=O)c2ccc(OO)cc2)cc1)c1ccccc1. The highest BCUT2D eigenvalue weighted by atomic mass is 17.1. The Morgan fingerprint density at radius 1 is 0.731 bits per heavy atom. The number of ketones is 2. The number of allylic oxidation sites excluding steroid dienone is 1. The minimum atomic E-state index is -0.134. The van der Waals surface area contributed by atoms with Crippen molar-refractivity contribution < 1.29 is 19.7 Å². The highest BCUT2D eigenvalue weighted by molar-refractivity contribution is 6.09. The lowest BCUT2D eigenvalue weighted by molar-refractivity contribution is -0.137. The van der Waals surface area contributed by atoms with E-state index in [1.165, 1.54) is 18.2 Å². The van der Waals surface area contributed by atoms with Gasteiger partial charge >= 0.3 is 0 Å². The summed E-state index contributed by atoms with van der Waals surface area (Å²) in [6.07, 6.45) is 3.23. The summed E-state index contributed by atoms with van der Waals surface area (Å²) in [5.41, 5.74) is 2.49. The van der Waals surface area contributed by atoms with Crippen LogP contribution in [0.15, 0.2) is 84.9 Å². The maximum absolute atomic E-state index is 12.4. The van der Waals surface area contributed by atoms with Crippen LogP contribution in [0.5, 0.6) is 5.75 Å². The van der Waals surface area contributed by atoms with Gasteiger partial charge in [0.1, 0.15) is 0 Å². The fourth-order valence-corrected chi connectivity index (χ4v) is 2.45. The number of hydrogen-bond donors (Lipinski definition) is 1. The lowest BCUT2D eigenvalue weighted by Crippen LogP contribution is -2.01. The molecule has 0 aliphatic carbocycles. The molecule has 0 unspecified atom stereocenters. The first-order valence-electron chi connectivity index (χ1n) is 8.01. The summed E-state index contributed by atoms with van der Waals surface area (Å²) in [6.45, 7) is 0. The number of benzene rings is 3. The topological polar surface area (TPSA) is 63.6 Å². The Morgan fingerprint density at radius 3 is 1.88 bits per heavy atom. The van der Waals surface area contributed by atoms with Gasteiger partial charge in [0.2, 0.25) is 0 Å². The highest BCUT2D eigenvalue weighted by Crippen LogP contribution is 2.16. The van der Waals surface area contributed by atoms with Crippen molar-refractivity contribution in [3.8, 4) is 5.75 Å². The second-order valence-electron chi connectivity index (χ2n) is 5.63. The number of carbonyl (C=O) groups is 2. The molecule has 0 saturated heterocycles. The Kier molecular flexibility index (Phi) is 5.37. The molecule has 0 atom stereocenters. The maximum Gasteiger partial charge on any atom is 0.193 e. The first-order valence-corrected chi connectivity index (χ1v) is 8.01. The van der Waals surface area contributed by atoms with Crippen molar-refractivity contribution in [1.82, 2.24) is 0 Å². The zero-order valence-electron chi connectivity index (χ0n) is 13.8. The van der Waals surface area contributed by atoms with E-state index in [9.17, 15) is 9.59 Å². The Bertz CT molecular complexity index is 924. The fraction of sp³-hybridized carbons (Fsp3) is 0. The first kappa shape index (κ1) is 17.3. The van der Waals surface area contributed by atoms with E-state index >= 15 is 0 Å². The molecular weight excluding hydrogens is 328 g/mol. The Balaban J connectivity index is 1.70. The average molecular weight is 344 g/mol. The quantitative estimate of drug-likeness (QED) is 0.306. The standard InChI is InChI=1S/C22H16O4/c23-21(17-4-2-1-3-5-17)15-8-16-6-9-18(10-7-16)22(24)19-11-13-20(26-25)14-12-19/h1-15,25H/b15-8+. The minimum Gasteiger partial charge on any atom is -0.340 e. The van der Waals surface area contributed by atoms with Gasteiger partial charge in [0.25, 0.3) is 0 Å². The van der Waals surface area contributed by atoms with Crippen LogP contribution in [0.25, 0.3) is 6.08 Å². The van der Waals surface area contributed by atoms with Gasteiger partial charge in [-0.1, -0.05) is 60.7 Å². The highest BCUT2D eigenvalue weighted by Gasteiger charge is 2.09. The molecule has 3 aromatic carbocycles. The summed E-state index contributed by atoms with van der Waals surface area (Å²) in [4.78, 5) is 28.6. The zero-order chi connectivity index (χ0) is 18.4. The van der Waals surface area contributed by atoms with Gasteiger partial charge in [-0.15, -0.1) is 0 Å². The van der Waals surface area contributed by atoms with Crippen molar-refractivity contribution in [3.05, 3.63) is 107 Å². The van der Waals surface area contributed by atoms with Crippen LogP contribution in [-0.2, 0) is 0 Å². The number of carbonyl (C=O) groups excluding carboxylic acids is 2. The number of hydrogen-bond acceptors (Lipinski definition) is 4. The normalized spacial score (nSPS) is 10.7. The fourth-order valence-electron chi connectivity index (χ4n) is 2.45. The monoisotopic (exact) mass is 344 g/mol. The second kappa shape index (κ2) is 8.05. The van der Waals surface area contributed by atoms with Crippen LogP contribution in [-0.4, -0.2) is 16.8 Å². The van der Waals surface area contributed by atoms with Gasteiger partial charge < -0.3 is 4.89 Å². The van der Waals surface area contributed by atoms with E-state index in [2.05, 4.69) is 4.89 Å². The minimum absolute atomic E-state index is 0.0723. The van der Waals surface area contributed by atoms with Crippen LogP contribution < -0.4 is 4.89 Å². The molecule has 4 heteroatoms. The van der Waals surface area contributed by atoms with E-state index in [0.29, 0.717) is 16.7 Å². The number of rotatable bonds is 6. The van der Waals surface area contributed by atoms with E-state index < -0.39 is 0 Å². The van der Waals surface area contributed by atoms with Crippen molar-refractivity contribution in [2.24, 2.45) is 0 Å². The van der Waals surface area contributed by atoms with Crippen molar-refractivity contribution in [2.75, 3.05) is 0 Å². The third kappa shape index (κ3) is 4.12. The molecule has 0 fully saturated rings. The predicted molar refractivity (Wildman–Crippen MR) is 99.4 cm³/mol. The van der Waals surface area contributed by atoms with Crippen molar-refractivity contribution in [1.29, 1.82) is 0 Å². The van der Waals surface area contributed by atoms with Crippen molar-refractivity contribution in [2.45, 2.75) is 0 Å². The molecule has 0 aliphatic rings. The molecule has 0 aliphatic heterocycles. The Hall–Kier alpha value is -3.50. The van der Waals surface area contributed by atoms with Gasteiger partial charge in [-0.05, 0) is 35.9 Å². The molecule has 0 saturated carbocycles. The molecule has 0 bridgehead atoms. The molecule has 3 aromatic rings. The summed E-state index contributed by atoms with van der Waals surface area (Å²) in [5.74, 6) is 0.0624. The summed E-state index contributed by atoms with van der Waals surface area (Å²) in [6, 6.07) is 22.2. The van der Waals surface area contributed by atoms with E-state index in [-0.39, 0.29) is 17.3 Å².